The van der Waals surface area contributed by atoms with Gasteiger partial charge in [-0.1, -0.05) is 47.0 Å². The predicted molar refractivity (Wildman–Crippen MR) is 57.7 cm³/mol. The van der Waals surface area contributed by atoms with E-state index in [2.05, 4.69) is 27.7 Å². The fourth-order valence-electron chi connectivity index (χ4n) is 1.94. The van der Waals surface area contributed by atoms with Crippen molar-refractivity contribution in [3.63, 3.8) is 0 Å². The van der Waals surface area contributed by atoms with Crippen molar-refractivity contribution in [2.45, 2.75) is 72.4 Å². The third kappa shape index (κ3) is 8.27. The average molecular weight is 188 g/mol. The number of rotatable bonds is 5. The minimum Gasteiger partial charge on any atom is -0.244 e. The first-order valence-corrected chi connectivity index (χ1v) is 5.46. The van der Waals surface area contributed by atoms with E-state index < -0.39 is 5.67 Å². The zero-order chi connectivity index (χ0) is 10.5. The van der Waals surface area contributed by atoms with Gasteiger partial charge in [0.25, 0.3) is 0 Å². The highest BCUT2D eigenvalue weighted by molar-refractivity contribution is 4.79. The molecule has 0 aliphatic carbocycles. The summed E-state index contributed by atoms with van der Waals surface area (Å²) in [6.07, 6.45) is 4.75. The van der Waals surface area contributed by atoms with Crippen LogP contribution in [0, 0.1) is 5.41 Å². The summed E-state index contributed by atoms with van der Waals surface area (Å²) in [4.78, 5) is 0. The van der Waals surface area contributed by atoms with E-state index in [0.717, 1.165) is 19.3 Å². The van der Waals surface area contributed by atoms with Gasteiger partial charge in [-0.3, -0.25) is 0 Å². The SMILES string of the molecule is CCCCC[C@](C)(F)CC(C)(C)C. The van der Waals surface area contributed by atoms with Crippen LogP contribution >= 0.6 is 0 Å². The van der Waals surface area contributed by atoms with Crippen LogP contribution in [0.2, 0.25) is 0 Å². The second-order valence-corrected chi connectivity index (χ2v) is 5.61. The van der Waals surface area contributed by atoms with Crippen LogP contribution in [-0.4, -0.2) is 5.67 Å². The van der Waals surface area contributed by atoms with Crippen molar-refractivity contribution in [3.05, 3.63) is 0 Å². The molecule has 0 aromatic carbocycles. The Balaban J connectivity index is 3.80. The van der Waals surface area contributed by atoms with E-state index >= 15 is 0 Å². The number of alkyl halides is 1. The third-order valence-electron chi connectivity index (χ3n) is 2.20. The summed E-state index contributed by atoms with van der Waals surface area (Å²) < 4.78 is 13.9. The molecule has 0 aromatic rings. The van der Waals surface area contributed by atoms with Gasteiger partial charge in [-0.15, -0.1) is 0 Å². The first-order valence-electron chi connectivity index (χ1n) is 5.46. The van der Waals surface area contributed by atoms with Gasteiger partial charge in [-0.2, -0.15) is 0 Å². The minimum atomic E-state index is -0.965. The Kier molecular flexibility index (Phi) is 4.95. The van der Waals surface area contributed by atoms with E-state index in [0.29, 0.717) is 6.42 Å². The van der Waals surface area contributed by atoms with Crippen molar-refractivity contribution in [3.8, 4) is 0 Å². The van der Waals surface area contributed by atoms with Crippen LogP contribution in [0.15, 0.2) is 0 Å². The van der Waals surface area contributed by atoms with Crippen molar-refractivity contribution in [1.29, 1.82) is 0 Å². The van der Waals surface area contributed by atoms with E-state index in [-0.39, 0.29) is 5.41 Å². The van der Waals surface area contributed by atoms with Crippen molar-refractivity contribution in [2.75, 3.05) is 0 Å². The highest BCUT2D eigenvalue weighted by atomic mass is 19.1. The number of hydrogen-bond donors (Lipinski definition) is 0. The van der Waals surface area contributed by atoms with Crippen molar-refractivity contribution in [2.24, 2.45) is 5.41 Å². The molecule has 0 N–H and O–H groups in total. The quantitative estimate of drug-likeness (QED) is 0.547. The van der Waals surface area contributed by atoms with Gasteiger partial charge in [0.15, 0.2) is 0 Å². The molecule has 1 atom stereocenters. The lowest BCUT2D eigenvalue weighted by Crippen LogP contribution is -2.25. The standard InChI is InChI=1S/C12H25F/c1-6-7-8-9-12(5,13)10-11(2,3)4/h6-10H2,1-5H3/t12-/m0/s1. The van der Waals surface area contributed by atoms with Gasteiger partial charge in [-0.25, -0.2) is 4.39 Å². The molecule has 0 nitrogen and oxygen atoms in total. The lowest BCUT2D eigenvalue weighted by Gasteiger charge is -2.28. The van der Waals surface area contributed by atoms with E-state index in [4.69, 9.17) is 0 Å². The van der Waals surface area contributed by atoms with E-state index in [1.807, 2.05) is 0 Å². The molecule has 0 amide bonds. The lowest BCUT2D eigenvalue weighted by molar-refractivity contribution is 0.105. The van der Waals surface area contributed by atoms with Crippen LogP contribution < -0.4 is 0 Å². The van der Waals surface area contributed by atoms with Crippen molar-refractivity contribution in [1.82, 2.24) is 0 Å². The summed E-state index contributed by atoms with van der Waals surface area (Å²) in [6, 6.07) is 0. The monoisotopic (exact) mass is 188 g/mol. The van der Waals surface area contributed by atoms with E-state index in [1.165, 1.54) is 6.42 Å². The molecule has 0 aliphatic rings. The average Bonchev–Trinajstić information content (AvgIpc) is 1.81. The number of unbranched alkanes of at least 4 members (excludes halogenated alkanes) is 2. The maximum Gasteiger partial charge on any atom is 0.108 e. The first-order chi connectivity index (χ1) is 5.77. The van der Waals surface area contributed by atoms with Crippen LogP contribution in [0.4, 0.5) is 4.39 Å². The van der Waals surface area contributed by atoms with Crippen molar-refractivity contribution < 1.29 is 4.39 Å². The number of hydrogen-bond acceptors (Lipinski definition) is 0. The molecule has 0 saturated carbocycles. The maximum absolute atomic E-state index is 13.9. The topological polar surface area (TPSA) is 0 Å². The van der Waals surface area contributed by atoms with Gasteiger partial charge in [0.2, 0.25) is 0 Å². The Hall–Kier alpha value is -0.0700. The summed E-state index contributed by atoms with van der Waals surface area (Å²) in [5.41, 5.74) is -0.858. The molecule has 0 rings (SSSR count). The van der Waals surface area contributed by atoms with Crippen LogP contribution in [0.3, 0.4) is 0 Å². The summed E-state index contributed by atoms with van der Waals surface area (Å²) in [5.74, 6) is 0. The van der Waals surface area contributed by atoms with Crippen LogP contribution in [0.5, 0.6) is 0 Å². The van der Waals surface area contributed by atoms with Gasteiger partial charge in [0.05, 0.1) is 0 Å². The number of halogens is 1. The predicted octanol–water partition coefficient (Wildman–Crippen LogP) is 4.73. The van der Waals surface area contributed by atoms with Gasteiger partial charge >= 0.3 is 0 Å². The molecule has 13 heavy (non-hydrogen) atoms. The highest BCUT2D eigenvalue weighted by Gasteiger charge is 2.28. The summed E-state index contributed by atoms with van der Waals surface area (Å²) in [6.45, 7) is 10.2. The molecule has 0 spiro atoms. The molecular weight excluding hydrogens is 163 g/mol. The summed E-state index contributed by atoms with van der Waals surface area (Å²) >= 11 is 0. The zero-order valence-corrected chi connectivity index (χ0v) is 9.91. The molecule has 80 valence electrons. The fraction of sp³-hybridized carbons (Fsp3) is 1.00. The molecule has 0 radical (unpaired) electrons. The van der Waals surface area contributed by atoms with Gasteiger partial charge in [0, 0.05) is 0 Å². The second-order valence-electron chi connectivity index (χ2n) is 5.61. The minimum absolute atomic E-state index is 0.107. The molecule has 0 bridgehead atoms. The summed E-state index contributed by atoms with van der Waals surface area (Å²) in [7, 11) is 0. The molecule has 0 saturated heterocycles. The Bertz CT molecular complexity index is 131. The van der Waals surface area contributed by atoms with Crippen molar-refractivity contribution >= 4 is 0 Å². The maximum atomic E-state index is 13.9. The van der Waals surface area contributed by atoms with Gasteiger partial charge < -0.3 is 0 Å². The van der Waals surface area contributed by atoms with Crippen LogP contribution in [0.25, 0.3) is 0 Å². The lowest BCUT2D eigenvalue weighted by atomic mass is 9.81. The Morgan fingerprint density at radius 3 is 1.92 bits per heavy atom. The van der Waals surface area contributed by atoms with Gasteiger partial charge in [-0.05, 0) is 25.2 Å². The molecule has 0 aliphatic heterocycles. The molecule has 0 unspecified atom stereocenters. The molecule has 1 heteroatoms. The van der Waals surface area contributed by atoms with E-state index in [1.54, 1.807) is 6.92 Å². The second kappa shape index (κ2) is 4.97. The zero-order valence-electron chi connectivity index (χ0n) is 9.91. The Labute approximate surface area is 82.9 Å². The molecular formula is C12H25F. The largest absolute Gasteiger partial charge is 0.244 e. The van der Waals surface area contributed by atoms with Crippen LogP contribution in [0.1, 0.15) is 66.7 Å². The van der Waals surface area contributed by atoms with Gasteiger partial charge in [0.1, 0.15) is 5.67 Å². The highest BCUT2D eigenvalue weighted by Crippen LogP contribution is 2.33. The molecule has 0 fully saturated rings. The Morgan fingerprint density at radius 1 is 1.00 bits per heavy atom. The molecule has 0 heterocycles. The smallest absolute Gasteiger partial charge is 0.108 e. The van der Waals surface area contributed by atoms with E-state index in [9.17, 15) is 4.39 Å². The summed E-state index contributed by atoms with van der Waals surface area (Å²) in [5, 5.41) is 0. The third-order valence-corrected chi connectivity index (χ3v) is 2.20. The Morgan fingerprint density at radius 2 is 1.54 bits per heavy atom. The fourth-order valence-corrected chi connectivity index (χ4v) is 1.94. The normalized spacial score (nSPS) is 17.1. The van der Waals surface area contributed by atoms with Crippen LogP contribution in [-0.2, 0) is 0 Å². The molecule has 0 aromatic heterocycles. The first kappa shape index (κ1) is 12.9.